The van der Waals surface area contributed by atoms with Crippen LogP contribution in [0.25, 0.3) is 0 Å². The number of nitrogens with zero attached hydrogens (tertiary/aromatic N) is 1. The molecule has 0 heterocycles. The molecular weight excluding hydrogens is 270 g/mol. The molecule has 1 rings (SSSR count). The number of carbonyl (C=O) groups excluding carboxylic acids is 1. The van der Waals surface area contributed by atoms with E-state index in [2.05, 4.69) is 15.9 Å². The van der Waals surface area contributed by atoms with Crippen molar-refractivity contribution in [2.45, 2.75) is 6.92 Å². The van der Waals surface area contributed by atoms with Crippen LogP contribution in [-0.4, -0.2) is 38.1 Å². The van der Waals surface area contributed by atoms with Gasteiger partial charge in [-0.1, -0.05) is 22.0 Å². The fraction of sp³-hybridized carbons (Fsp3) is 0.417. The molecule has 1 amide bonds. The molecule has 0 saturated heterocycles. The first-order valence-corrected chi connectivity index (χ1v) is 5.86. The van der Waals surface area contributed by atoms with Crippen LogP contribution in [0.3, 0.4) is 0 Å². The molecule has 0 aliphatic heterocycles. The maximum Gasteiger partial charge on any atom is 0.253 e. The van der Waals surface area contributed by atoms with Crippen LogP contribution in [0.5, 0.6) is 0 Å². The number of halogens is 1. The number of ether oxygens (including phenoxy) is 1. The van der Waals surface area contributed by atoms with Gasteiger partial charge in [0.25, 0.3) is 5.91 Å². The summed E-state index contributed by atoms with van der Waals surface area (Å²) in [5.74, 6) is 0.0118. The number of rotatable bonds is 4. The van der Waals surface area contributed by atoms with Crippen molar-refractivity contribution < 1.29 is 9.53 Å². The first-order valence-electron chi connectivity index (χ1n) is 5.07. The van der Waals surface area contributed by atoms with Crippen molar-refractivity contribution in [3.63, 3.8) is 0 Å². The van der Waals surface area contributed by atoms with E-state index in [0.717, 1.165) is 10.0 Å². The molecule has 0 bridgehead atoms. The molecule has 3 nitrogen and oxygen atoms in total. The van der Waals surface area contributed by atoms with E-state index in [1.165, 1.54) is 0 Å². The van der Waals surface area contributed by atoms with Crippen LogP contribution in [0, 0.1) is 6.92 Å². The summed E-state index contributed by atoms with van der Waals surface area (Å²) in [5, 5.41) is 0. The van der Waals surface area contributed by atoms with Gasteiger partial charge in [-0.25, -0.2) is 0 Å². The van der Waals surface area contributed by atoms with Crippen LogP contribution < -0.4 is 0 Å². The van der Waals surface area contributed by atoms with Gasteiger partial charge in [0.2, 0.25) is 0 Å². The van der Waals surface area contributed by atoms with Gasteiger partial charge in [0, 0.05) is 30.7 Å². The Balaban J connectivity index is 2.76. The summed E-state index contributed by atoms with van der Waals surface area (Å²) in [5.41, 5.74) is 1.81. The minimum Gasteiger partial charge on any atom is -0.383 e. The molecule has 0 unspecified atom stereocenters. The topological polar surface area (TPSA) is 29.5 Å². The normalized spacial score (nSPS) is 10.2. The fourth-order valence-corrected chi connectivity index (χ4v) is 1.65. The summed E-state index contributed by atoms with van der Waals surface area (Å²) in [4.78, 5) is 13.6. The highest BCUT2D eigenvalue weighted by Gasteiger charge is 2.11. The lowest BCUT2D eigenvalue weighted by Gasteiger charge is -2.16. The van der Waals surface area contributed by atoms with Gasteiger partial charge in [0.15, 0.2) is 0 Å². The van der Waals surface area contributed by atoms with Gasteiger partial charge in [-0.05, 0) is 24.6 Å². The number of carbonyl (C=O) groups is 1. The summed E-state index contributed by atoms with van der Waals surface area (Å²) >= 11 is 3.42. The molecule has 1 aromatic rings. The minimum atomic E-state index is 0.0118. The second-order valence-electron chi connectivity index (χ2n) is 3.68. The second-order valence-corrected chi connectivity index (χ2v) is 4.54. The number of amides is 1. The van der Waals surface area contributed by atoms with Crippen LogP contribution in [0.15, 0.2) is 22.7 Å². The predicted octanol–water partition coefficient (Wildman–Crippen LogP) is 2.48. The van der Waals surface area contributed by atoms with Crippen molar-refractivity contribution in [2.75, 3.05) is 27.3 Å². The third-order valence-corrected chi connectivity index (χ3v) is 3.25. The molecule has 88 valence electrons. The summed E-state index contributed by atoms with van der Waals surface area (Å²) in [6.07, 6.45) is 0. The highest BCUT2D eigenvalue weighted by Crippen LogP contribution is 2.18. The predicted molar refractivity (Wildman–Crippen MR) is 67.7 cm³/mol. The third kappa shape index (κ3) is 3.32. The van der Waals surface area contributed by atoms with Gasteiger partial charge in [-0.2, -0.15) is 0 Å². The van der Waals surface area contributed by atoms with E-state index in [4.69, 9.17) is 4.74 Å². The maximum atomic E-state index is 12.0. The lowest BCUT2D eigenvalue weighted by atomic mass is 10.1. The Morgan fingerprint density at radius 3 is 2.75 bits per heavy atom. The average molecular weight is 286 g/mol. The molecule has 0 fully saturated rings. The summed E-state index contributed by atoms with van der Waals surface area (Å²) in [7, 11) is 3.40. The summed E-state index contributed by atoms with van der Waals surface area (Å²) in [6, 6.07) is 5.62. The van der Waals surface area contributed by atoms with Gasteiger partial charge >= 0.3 is 0 Å². The Labute approximate surface area is 105 Å². The van der Waals surface area contributed by atoms with Gasteiger partial charge in [-0.15, -0.1) is 0 Å². The number of aryl methyl sites for hydroxylation is 1. The SMILES string of the molecule is COCCN(C)C(=O)c1ccc(C)c(Br)c1. The van der Waals surface area contributed by atoms with E-state index >= 15 is 0 Å². The molecule has 0 radical (unpaired) electrons. The van der Waals surface area contributed by atoms with Crippen LogP contribution in [0.4, 0.5) is 0 Å². The molecule has 0 atom stereocenters. The quantitative estimate of drug-likeness (QED) is 0.851. The van der Waals surface area contributed by atoms with E-state index in [9.17, 15) is 4.79 Å². The Morgan fingerprint density at radius 2 is 2.19 bits per heavy atom. The van der Waals surface area contributed by atoms with Gasteiger partial charge < -0.3 is 9.64 Å². The van der Waals surface area contributed by atoms with Crippen molar-refractivity contribution in [3.8, 4) is 0 Å². The lowest BCUT2D eigenvalue weighted by Crippen LogP contribution is -2.29. The summed E-state index contributed by atoms with van der Waals surface area (Å²) < 4.78 is 5.90. The highest BCUT2D eigenvalue weighted by atomic mass is 79.9. The Kier molecular flexibility index (Phi) is 4.96. The van der Waals surface area contributed by atoms with Crippen LogP contribution >= 0.6 is 15.9 Å². The van der Waals surface area contributed by atoms with E-state index in [-0.39, 0.29) is 5.91 Å². The Bertz CT molecular complexity index is 379. The molecular formula is C12H16BrNO2. The first kappa shape index (κ1) is 13.2. The second kappa shape index (κ2) is 6.01. The zero-order chi connectivity index (χ0) is 12.1. The molecule has 4 heteroatoms. The molecule has 0 aliphatic rings. The van der Waals surface area contributed by atoms with Crippen LogP contribution in [0.2, 0.25) is 0 Å². The van der Waals surface area contributed by atoms with Gasteiger partial charge in [0.05, 0.1) is 6.61 Å². The zero-order valence-electron chi connectivity index (χ0n) is 9.79. The van der Waals surface area contributed by atoms with Crippen molar-refractivity contribution in [3.05, 3.63) is 33.8 Å². The average Bonchev–Trinajstić information content (AvgIpc) is 2.28. The minimum absolute atomic E-state index is 0.0118. The molecule has 16 heavy (non-hydrogen) atoms. The van der Waals surface area contributed by atoms with E-state index in [1.807, 2.05) is 25.1 Å². The lowest BCUT2D eigenvalue weighted by molar-refractivity contribution is 0.0744. The number of benzene rings is 1. The number of hydrogen-bond donors (Lipinski definition) is 0. The molecule has 1 aromatic carbocycles. The van der Waals surface area contributed by atoms with Crippen molar-refractivity contribution >= 4 is 21.8 Å². The number of likely N-dealkylation sites (N-methyl/N-ethyl adjacent to an activating group) is 1. The van der Waals surface area contributed by atoms with Crippen LogP contribution in [-0.2, 0) is 4.74 Å². The maximum absolute atomic E-state index is 12.0. The standard InChI is InChI=1S/C12H16BrNO2/c1-9-4-5-10(8-11(9)13)12(15)14(2)6-7-16-3/h4-5,8H,6-7H2,1-3H3. The number of hydrogen-bond acceptors (Lipinski definition) is 2. The smallest absolute Gasteiger partial charge is 0.253 e. The van der Waals surface area contributed by atoms with Crippen molar-refractivity contribution in [2.24, 2.45) is 0 Å². The first-order chi connectivity index (χ1) is 7.56. The van der Waals surface area contributed by atoms with Crippen molar-refractivity contribution in [1.29, 1.82) is 0 Å². The Morgan fingerprint density at radius 1 is 1.50 bits per heavy atom. The number of methoxy groups -OCH3 is 1. The Hall–Kier alpha value is -0.870. The fourth-order valence-electron chi connectivity index (χ4n) is 1.28. The molecule has 0 aromatic heterocycles. The molecule has 0 aliphatic carbocycles. The molecule has 0 N–H and O–H groups in total. The largest absolute Gasteiger partial charge is 0.383 e. The van der Waals surface area contributed by atoms with Crippen molar-refractivity contribution in [1.82, 2.24) is 4.90 Å². The van der Waals surface area contributed by atoms with E-state index in [1.54, 1.807) is 19.1 Å². The summed E-state index contributed by atoms with van der Waals surface area (Å²) in [6.45, 7) is 3.14. The molecule has 0 saturated carbocycles. The third-order valence-electron chi connectivity index (χ3n) is 2.40. The van der Waals surface area contributed by atoms with Gasteiger partial charge in [-0.3, -0.25) is 4.79 Å². The van der Waals surface area contributed by atoms with Crippen LogP contribution in [0.1, 0.15) is 15.9 Å². The van der Waals surface area contributed by atoms with E-state index < -0.39 is 0 Å². The van der Waals surface area contributed by atoms with Gasteiger partial charge in [0.1, 0.15) is 0 Å². The molecule has 0 spiro atoms. The monoisotopic (exact) mass is 285 g/mol. The zero-order valence-corrected chi connectivity index (χ0v) is 11.4. The van der Waals surface area contributed by atoms with E-state index in [0.29, 0.717) is 18.7 Å². The highest BCUT2D eigenvalue weighted by molar-refractivity contribution is 9.10.